The quantitative estimate of drug-likeness (QED) is 0.733. The molecule has 2 N–H and O–H groups in total. The van der Waals surface area contributed by atoms with Crippen LogP contribution in [0.5, 0.6) is 0 Å². The van der Waals surface area contributed by atoms with Crippen LogP contribution in [0.1, 0.15) is 24.7 Å². The third kappa shape index (κ3) is 3.77. The largest absolute Gasteiger partial charge is 0.351 e. The van der Waals surface area contributed by atoms with Crippen LogP contribution in [-0.4, -0.2) is 31.5 Å². The van der Waals surface area contributed by atoms with Crippen molar-refractivity contribution < 1.29 is 4.79 Å². The first-order valence-corrected chi connectivity index (χ1v) is 7.84. The highest BCUT2D eigenvalue weighted by Crippen LogP contribution is 2.14. The van der Waals surface area contributed by atoms with Crippen molar-refractivity contribution >= 4 is 16.9 Å². The van der Waals surface area contributed by atoms with Gasteiger partial charge in [0.15, 0.2) is 0 Å². The molecule has 0 spiro atoms. The molecule has 0 aliphatic carbocycles. The van der Waals surface area contributed by atoms with Crippen LogP contribution in [-0.2, 0) is 17.8 Å². The molecule has 1 amide bonds. The van der Waals surface area contributed by atoms with Crippen LogP contribution < -0.4 is 5.32 Å². The minimum absolute atomic E-state index is 0.0348. The minimum Gasteiger partial charge on any atom is -0.351 e. The molecule has 3 rings (SSSR count). The van der Waals surface area contributed by atoms with E-state index in [-0.39, 0.29) is 11.9 Å². The third-order valence-electron chi connectivity index (χ3n) is 3.88. The van der Waals surface area contributed by atoms with E-state index < -0.39 is 0 Å². The summed E-state index contributed by atoms with van der Waals surface area (Å²) in [6.45, 7) is 4.73. The van der Waals surface area contributed by atoms with Gasteiger partial charge in [-0.3, -0.25) is 4.79 Å². The summed E-state index contributed by atoms with van der Waals surface area (Å²) in [6, 6.07) is 6.00. The second kappa shape index (κ2) is 6.64. The molecule has 0 radical (unpaired) electrons. The summed E-state index contributed by atoms with van der Waals surface area (Å²) in [7, 11) is 0. The Morgan fingerprint density at radius 3 is 3.04 bits per heavy atom. The van der Waals surface area contributed by atoms with E-state index in [0.717, 1.165) is 35.4 Å². The van der Waals surface area contributed by atoms with Crippen molar-refractivity contribution in [3.8, 4) is 0 Å². The number of nitrogens with zero attached hydrogens (tertiary/aromatic N) is 3. The van der Waals surface area contributed by atoms with Gasteiger partial charge in [0.1, 0.15) is 5.82 Å². The molecule has 0 fully saturated rings. The van der Waals surface area contributed by atoms with Crippen molar-refractivity contribution in [3.05, 3.63) is 48.3 Å². The van der Waals surface area contributed by atoms with E-state index >= 15 is 0 Å². The van der Waals surface area contributed by atoms with Crippen LogP contribution in [0.15, 0.2) is 36.9 Å². The van der Waals surface area contributed by atoms with Gasteiger partial charge < -0.3 is 14.9 Å². The molecular weight excluding hydrogens is 290 g/mol. The molecule has 23 heavy (non-hydrogen) atoms. The van der Waals surface area contributed by atoms with Crippen molar-refractivity contribution in [2.45, 2.75) is 39.3 Å². The van der Waals surface area contributed by atoms with E-state index in [4.69, 9.17) is 0 Å². The van der Waals surface area contributed by atoms with Gasteiger partial charge >= 0.3 is 0 Å². The Labute approximate surface area is 135 Å². The van der Waals surface area contributed by atoms with Gasteiger partial charge in [-0.1, -0.05) is 13.0 Å². The molecule has 2 aromatic heterocycles. The molecule has 1 aromatic carbocycles. The summed E-state index contributed by atoms with van der Waals surface area (Å²) in [4.78, 5) is 23.9. The van der Waals surface area contributed by atoms with Gasteiger partial charge in [0, 0.05) is 25.0 Å². The monoisotopic (exact) mass is 311 g/mol. The van der Waals surface area contributed by atoms with E-state index in [0.29, 0.717) is 6.42 Å². The average Bonchev–Trinajstić information content (AvgIpc) is 3.14. The van der Waals surface area contributed by atoms with Crippen molar-refractivity contribution in [1.82, 2.24) is 24.8 Å². The molecule has 1 unspecified atom stereocenters. The highest BCUT2D eigenvalue weighted by atomic mass is 16.1. The number of aryl methyl sites for hydroxylation is 1. The highest BCUT2D eigenvalue weighted by molar-refractivity contribution is 5.81. The van der Waals surface area contributed by atoms with Crippen LogP contribution in [0.3, 0.4) is 0 Å². The lowest BCUT2D eigenvalue weighted by Crippen LogP contribution is -2.38. The van der Waals surface area contributed by atoms with Crippen LogP contribution in [0.25, 0.3) is 11.0 Å². The predicted octanol–water partition coefficient (Wildman–Crippen LogP) is 2.21. The molecule has 0 aliphatic rings. The summed E-state index contributed by atoms with van der Waals surface area (Å²) in [6.07, 6.45) is 6.67. The normalized spacial score (nSPS) is 12.4. The zero-order chi connectivity index (χ0) is 16.2. The summed E-state index contributed by atoms with van der Waals surface area (Å²) in [5, 5.41) is 3.09. The maximum Gasteiger partial charge on any atom is 0.224 e. The van der Waals surface area contributed by atoms with E-state index in [9.17, 15) is 4.79 Å². The standard InChI is InChI=1S/C17H21N5O/c1-3-14(10-22-7-6-18-11-22)21-17(23)9-13-4-5-15-16(8-13)20-12(2)19-15/h4-8,11,14H,3,9-10H2,1-2H3,(H,19,20)(H,21,23). The van der Waals surface area contributed by atoms with Gasteiger partial charge in [0.05, 0.1) is 23.8 Å². The summed E-state index contributed by atoms with van der Waals surface area (Å²) in [5.74, 6) is 0.917. The second-order valence-electron chi connectivity index (χ2n) is 5.78. The Kier molecular flexibility index (Phi) is 4.41. The topological polar surface area (TPSA) is 75.6 Å². The molecule has 2 heterocycles. The molecule has 1 atom stereocenters. The predicted molar refractivity (Wildman–Crippen MR) is 89.0 cm³/mol. The first-order chi connectivity index (χ1) is 11.1. The summed E-state index contributed by atoms with van der Waals surface area (Å²) in [5.41, 5.74) is 2.88. The Morgan fingerprint density at radius 2 is 2.30 bits per heavy atom. The van der Waals surface area contributed by atoms with Gasteiger partial charge in [-0.2, -0.15) is 0 Å². The third-order valence-corrected chi connectivity index (χ3v) is 3.88. The Balaban J connectivity index is 1.62. The molecule has 0 saturated carbocycles. The van der Waals surface area contributed by atoms with Crippen LogP contribution in [0.2, 0.25) is 0 Å². The number of aromatic amines is 1. The SMILES string of the molecule is CCC(Cn1ccnc1)NC(=O)Cc1ccc2nc(C)[nH]c2c1. The van der Waals surface area contributed by atoms with Crippen LogP contribution >= 0.6 is 0 Å². The molecule has 120 valence electrons. The van der Waals surface area contributed by atoms with E-state index in [1.807, 2.05) is 35.9 Å². The highest BCUT2D eigenvalue weighted by Gasteiger charge is 2.12. The lowest BCUT2D eigenvalue weighted by Gasteiger charge is -2.17. The number of carbonyl (C=O) groups is 1. The number of nitrogens with one attached hydrogen (secondary N) is 2. The van der Waals surface area contributed by atoms with Crippen LogP contribution in [0, 0.1) is 6.92 Å². The first kappa shape index (κ1) is 15.3. The smallest absolute Gasteiger partial charge is 0.224 e. The van der Waals surface area contributed by atoms with Gasteiger partial charge in [-0.25, -0.2) is 9.97 Å². The van der Waals surface area contributed by atoms with Crippen molar-refractivity contribution in [2.24, 2.45) is 0 Å². The van der Waals surface area contributed by atoms with E-state index in [1.165, 1.54) is 0 Å². The molecule has 0 saturated heterocycles. The average molecular weight is 311 g/mol. The number of fused-ring (bicyclic) bond motifs is 1. The van der Waals surface area contributed by atoms with Crippen molar-refractivity contribution in [2.75, 3.05) is 0 Å². The number of amides is 1. The maximum absolute atomic E-state index is 12.3. The number of imidazole rings is 2. The summed E-state index contributed by atoms with van der Waals surface area (Å²) >= 11 is 0. The number of hydrogen-bond acceptors (Lipinski definition) is 3. The fraction of sp³-hybridized carbons (Fsp3) is 0.353. The second-order valence-corrected chi connectivity index (χ2v) is 5.78. The van der Waals surface area contributed by atoms with Gasteiger partial charge in [0.25, 0.3) is 0 Å². The number of H-pyrrole nitrogens is 1. The number of benzene rings is 1. The van der Waals surface area contributed by atoms with Gasteiger partial charge in [0.2, 0.25) is 5.91 Å². The molecule has 0 aliphatic heterocycles. The molecule has 6 heteroatoms. The lowest BCUT2D eigenvalue weighted by atomic mass is 10.1. The Hall–Kier alpha value is -2.63. The molecule has 3 aromatic rings. The van der Waals surface area contributed by atoms with Crippen molar-refractivity contribution in [3.63, 3.8) is 0 Å². The zero-order valence-electron chi connectivity index (χ0n) is 13.4. The maximum atomic E-state index is 12.3. The van der Waals surface area contributed by atoms with E-state index in [2.05, 4.69) is 27.2 Å². The Bertz CT molecular complexity index is 791. The van der Waals surface area contributed by atoms with Gasteiger partial charge in [-0.05, 0) is 31.0 Å². The molecule has 0 bridgehead atoms. The molecular formula is C17H21N5O. The molecule has 6 nitrogen and oxygen atoms in total. The number of carbonyl (C=O) groups excluding carboxylic acids is 1. The van der Waals surface area contributed by atoms with E-state index in [1.54, 1.807) is 12.5 Å². The minimum atomic E-state index is 0.0348. The fourth-order valence-electron chi connectivity index (χ4n) is 2.68. The summed E-state index contributed by atoms with van der Waals surface area (Å²) < 4.78 is 1.98. The Morgan fingerprint density at radius 1 is 1.43 bits per heavy atom. The number of hydrogen-bond donors (Lipinski definition) is 2. The first-order valence-electron chi connectivity index (χ1n) is 7.84. The number of rotatable bonds is 6. The van der Waals surface area contributed by atoms with Crippen molar-refractivity contribution in [1.29, 1.82) is 0 Å². The lowest BCUT2D eigenvalue weighted by molar-refractivity contribution is -0.121. The fourth-order valence-corrected chi connectivity index (χ4v) is 2.68. The zero-order valence-corrected chi connectivity index (χ0v) is 13.4. The van der Waals surface area contributed by atoms with Gasteiger partial charge in [-0.15, -0.1) is 0 Å². The van der Waals surface area contributed by atoms with Crippen LogP contribution in [0.4, 0.5) is 0 Å². The number of aromatic nitrogens is 4.